The molecule has 1 aliphatic rings. The minimum Gasteiger partial charge on any atom is -0.472 e. The average Bonchev–Trinajstić information content (AvgIpc) is 3.22. The van der Waals surface area contributed by atoms with Crippen molar-refractivity contribution in [1.82, 2.24) is 10.0 Å². The van der Waals surface area contributed by atoms with Gasteiger partial charge in [-0.25, -0.2) is 26.4 Å². The van der Waals surface area contributed by atoms with Crippen LogP contribution in [0.25, 0.3) is 0 Å². The van der Waals surface area contributed by atoms with Gasteiger partial charge in [0.25, 0.3) is 0 Å². The van der Waals surface area contributed by atoms with Crippen molar-refractivity contribution in [2.24, 2.45) is 0 Å². The Labute approximate surface area is 157 Å². The van der Waals surface area contributed by atoms with Crippen LogP contribution in [0.2, 0.25) is 0 Å². The van der Waals surface area contributed by atoms with Gasteiger partial charge in [0, 0.05) is 23.8 Å². The molecule has 27 heavy (non-hydrogen) atoms. The summed E-state index contributed by atoms with van der Waals surface area (Å²) in [5.41, 5.74) is 1.23. The van der Waals surface area contributed by atoms with E-state index in [1.165, 1.54) is 36.8 Å². The zero-order valence-corrected chi connectivity index (χ0v) is 15.8. The van der Waals surface area contributed by atoms with Gasteiger partial charge >= 0.3 is 6.03 Å². The third kappa shape index (κ3) is 5.31. The van der Waals surface area contributed by atoms with Gasteiger partial charge in [-0.1, -0.05) is 0 Å². The number of sulfonamides is 1. The molecule has 1 aromatic heterocycles. The maximum absolute atomic E-state index is 12.4. The van der Waals surface area contributed by atoms with E-state index in [0.29, 0.717) is 12.2 Å². The third-order valence-electron chi connectivity index (χ3n) is 4.01. The number of amides is 2. The highest BCUT2D eigenvalue weighted by molar-refractivity contribution is 7.92. The molecule has 2 aromatic rings. The summed E-state index contributed by atoms with van der Waals surface area (Å²) in [5, 5.41) is 5.23. The number of furan rings is 1. The summed E-state index contributed by atoms with van der Waals surface area (Å²) >= 11 is 0. The van der Waals surface area contributed by atoms with Gasteiger partial charge in [-0.05, 0) is 36.8 Å². The Bertz CT molecular complexity index is 999. The van der Waals surface area contributed by atoms with E-state index >= 15 is 0 Å². The Hall–Kier alpha value is -2.37. The van der Waals surface area contributed by atoms with Gasteiger partial charge in [0.1, 0.15) is 0 Å². The molecule has 9 nitrogen and oxygen atoms in total. The van der Waals surface area contributed by atoms with E-state index in [-0.39, 0.29) is 22.8 Å². The first-order chi connectivity index (χ1) is 12.7. The predicted molar refractivity (Wildman–Crippen MR) is 98.4 cm³/mol. The van der Waals surface area contributed by atoms with E-state index in [1.54, 1.807) is 6.07 Å². The van der Waals surface area contributed by atoms with Gasteiger partial charge in [-0.3, -0.25) is 0 Å². The summed E-state index contributed by atoms with van der Waals surface area (Å²) in [4.78, 5) is 11.8. The largest absolute Gasteiger partial charge is 0.472 e. The molecule has 1 aromatic carbocycles. The first kappa shape index (κ1) is 19.4. The van der Waals surface area contributed by atoms with Gasteiger partial charge in [0.2, 0.25) is 10.0 Å². The Morgan fingerprint density at radius 2 is 1.93 bits per heavy atom. The third-order valence-corrected chi connectivity index (χ3v) is 7.31. The zero-order chi connectivity index (χ0) is 19.5. The number of rotatable bonds is 6. The molecule has 146 valence electrons. The molecule has 0 spiro atoms. The topological polar surface area (TPSA) is 135 Å². The van der Waals surface area contributed by atoms with E-state index in [2.05, 4.69) is 15.4 Å². The molecule has 1 aliphatic heterocycles. The summed E-state index contributed by atoms with van der Waals surface area (Å²) in [6.45, 7) is 0.295. The smallest absolute Gasteiger partial charge is 0.319 e. The number of nitrogens with one attached hydrogen (secondary N) is 3. The van der Waals surface area contributed by atoms with Crippen LogP contribution in [0.4, 0.5) is 10.5 Å². The number of hydrogen-bond donors (Lipinski definition) is 3. The van der Waals surface area contributed by atoms with Gasteiger partial charge in [0.15, 0.2) is 9.84 Å². The summed E-state index contributed by atoms with van der Waals surface area (Å²) in [7, 11) is -7.01. The van der Waals surface area contributed by atoms with Crippen LogP contribution in [-0.4, -0.2) is 40.4 Å². The molecular weight excluding hydrogens is 394 g/mol. The molecule has 2 amide bonds. The van der Waals surface area contributed by atoms with Crippen LogP contribution in [-0.2, 0) is 26.4 Å². The van der Waals surface area contributed by atoms with Crippen molar-refractivity contribution >= 4 is 31.6 Å². The molecule has 0 radical (unpaired) electrons. The van der Waals surface area contributed by atoms with Crippen molar-refractivity contribution in [3.63, 3.8) is 0 Å². The minimum absolute atomic E-state index is 0.00356. The number of sulfone groups is 1. The SMILES string of the molecule is O=C(NCc1ccoc1)Nc1ccc(S(=O)(=O)NC2CCS(=O)(=O)C2)cc1. The lowest BCUT2D eigenvalue weighted by Gasteiger charge is -2.12. The standard InChI is InChI=1S/C16H19N3O6S2/c20-16(17-9-12-5-7-25-10-12)18-13-1-3-15(4-2-13)27(23,24)19-14-6-8-26(21,22)11-14/h1-5,7,10,14,19H,6,8-9,11H2,(H2,17,18,20). The number of anilines is 1. The molecule has 3 N–H and O–H groups in total. The molecule has 2 heterocycles. The van der Waals surface area contributed by atoms with E-state index in [0.717, 1.165) is 5.56 Å². The Kier molecular flexibility index (Phi) is 5.53. The van der Waals surface area contributed by atoms with E-state index in [9.17, 15) is 21.6 Å². The van der Waals surface area contributed by atoms with Crippen molar-refractivity contribution in [3.8, 4) is 0 Å². The maximum atomic E-state index is 12.4. The molecule has 0 bridgehead atoms. The van der Waals surface area contributed by atoms with E-state index in [1.807, 2.05) is 0 Å². The second kappa shape index (κ2) is 7.71. The normalized spacial score (nSPS) is 18.9. The van der Waals surface area contributed by atoms with Crippen LogP contribution in [0.15, 0.2) is 52.2 Å². The summed E-state index contributed by atoms with van der Waals surface area (Å²) in [6, 6.07) is 6.26. The second-order valence-corrected chi connectivity index (χ2v) is 10.1. The summed E-state index contributed by atoms with van der Waals surface area (Å²) in [5.74, 6) is -0.209. The Morgan fingerprint density at radius 1 is 1.19 bits per heavy atom. The second-order valence-electron chi connectivity index (χ2n) is 6.18. The minimum atomic E-state index is -3.83. The first-order valence-electron chi connectivity index (χ1n) is 8.12. The van der Waals surface area contributed by atoms with Crippen LogP contribution in [0.1, 0.15) is 12.0 Å². The van der Waals surface area contributed by atoms with Crippen molar-refractivity contribution in [2.45, 2.75) is 23.9 Å². The molecule has 11 heteroatoms. The summed E-state index contributed by atoms with van der Waals surface area (Å²) in [6.07, 6.45) is 3.28. The van der Waals surface area contributed by atoms with Crippen LogP contribution in [0, 0.1) is 0 Å². The highest BCUT2D eigenvalue weighted by atomic mass is 32.2. The molecular formula is C16H19N3O6S2. The fraction of sp³-hybridized carbons (Fsp3) is 0.312. The van der Waals surface area contributed by atoms with Gasteiger partial charge in [0.05, 0.1) is 28.9 Å². The number of carbonyl (C=O) groups is 1. The zero-order valence-electron chi connectivity index (χ0n) is 14.2. The fourth-order valence-corrected chi connectivity index (χ4v) is 5.69. The monoisotopic (exact) mass is 413 g/mol. The molecule has 1 saturated heterocycles. The number of hydrogen-bond acceptors (Lipinski definition) is 6. The van der Waals surface area contributed by atoms with Crippen LogP contribution in [0.3, 0.4) is 0 Å². The van der Waals surface area contributed by atoms with Gasteiger partial charge in [-0.2, -0.15) is 0 Å². The Balaban J connectivity index is 1.56. The average molecular weight is 413 g/mol. The van der Waals surface area contributed by atoms with Crippen molar-refractivity contribution in [2.75, 3.05) is 16.8 Å². The van der Waals surface area contributed by atoms with Gasteiger partial charge in [-0.15, -0.1) is 0 Å². The quantitative estimate of drug-likeness (QED) is 0.648. The predicted octanol–water partition coefficient (Wildman–Crippen LogP) is 1.07. The number of carbonyl (C=O) groups excluding carboxylic acids is 1. The lowest BCUT2D eigenvalue weighted by Crippen LogP contribution is -2.35. The number of urea groups is 1. The lowest BCUT2D eigenvalue weighted by atomic mass is 10.3. The molecule has 1 atom stereocenters. The maximum Gasteiger partial charge on any atom is 0.319 e. The highest BCUT2D eigenvalue weighted by Gasteiger charge is 2.31. The summed E-state index contributed by atoms with van der Waals surface area (Å²) < 4.78 is 54.9. The highest BCUT2D eigenvalue weighted by Crippen LogP contribution is 2.17. The number of benzene rings is 1. The van der Waals surface area contributed by atoms with Crippen LogP contribution >= 0.6 is 0 Å². The fourth-order valence-electron chi connectivity index (χ4n) is 2.64. The van der Waals surface area contributed by atoms with Crippen LogP contribution < -0.4 is 15.4 Å². The molecule has 0 saturated carbocycles. The van der Waals surface area contributed by atoms with Crippen molar-refractivity contribution in [1.29, 1.82) is 0 Å². The van der Waals surface area contributed by atoms with Crippen molar-refractivity contribution < 1.29 is 26.0 Å². The van der Waals surface area contributed by atoms with E-state index < -0.39 is 31.9 Å². The van der Waals surface area contributed by atoms with E-state index in [4.69, 9.17) is 4.42 Å². The molecule has 3 rings (SSSR count). The lowest BCUT2D eigenvalue weighted by molar-refractivity contribution is 0.251. The molecule has 1 unspecified atom stereocenters. The van der Waals surface area contributed by atoms with Crippen molar-refractivity contribution in [3.05, 3.63) is 48.4 Å². The van der Waals surface area contributed by atoms with Gasteiger partial charge < -0.3 is 15.1 Å². The first-order valence-corrected chi connectivity index (χ1v) is 11.4. The molecule has 0 aliphatic carbocycles. The Morgan fingerprint density at radius 3 is 2.52 bits per heavy atom. The molecule has 1 fully saturated rings. The van der Waals surface area contributed by atoms with Crippen LogP contribution in [0.5, 0.6) is 0 Å².